The molecule has 1 N–H and O–H groups in total. The predicted octanol–water partition coefficient (Wildman–Crippen LogP) is 1.16. The summed E-state index contributed by atoms with van der Waals surface area (Å²) in [5, 5.41) is 8.32. The van der Waals surface area contributed by atoms with Crippen LogP contribution >= 0.6 is 11.8 Å². The molecule has 0 aromatic rings. The van der Waals surface area contributed by atoms with Gasteiger partial charge < -0.3 is 5.11 Å². The van der Waals surface area contributed by atoms with E-state index >= 15 is 0 Å². The van der Waals surface area contributed by atoms with Gasteiger partial charge in [-0.2, -0.15) is 11.8 Å². The van der Waals surface area contributed by atoms with Gasteiger partial charge >= 0.3 is 5.97 Å². The highest BCUT2D eigenvalue weighted by Gasteiger charge is 2.29. The van der Waals surface area contributed by atoms with E-state index in [1.807, 2.05) is 0 Å². The molecule has 0 aromatic carbocycles. The van der Waals surface area contributed by atoms with Crippen LogP contribution in [0, 0.1) is 5.92 Å². The van der Waals surface area contributed by atoms with Gasteiger partial charge in [0, 0.05) is 11.7 Å². The second-order valence-corrected chi connectivity index (χ2v) is 3.49. The number of thioether (sulfide) groups is 1. The first kappa shape index (κ1) is 7.85. The minimum absolute atomic E-state index is 0.0197. The van der Waals surface area contributed by atoms with Crippen molar-refractivity contribution in [2.75, 3.05) is 11.5 Å². The van der Waals surface area contributed by atoms with Crippen molar-refractivity contribution in [3.05, 3.63) is 0 Å². The third kappa shape index (κ3) is 1.87. The fourth-order valence-corrected chi connectivity index (χ4v) is 2.25. The highest BCUT2D eigenvalue weighted by molar-refractivity contribution is 7.99. The van der Waals surface area contributed by atoms with Crippen LogP contribution in [0.4, 0.5) is 4.39 Å². The Bertz CT molecular complexity index is 140. The Morgan fingerprint density at radius 2 is 2.40 bits per heavy atom. The number of carbonyl (C=O) groups is 1. The van der Waals surface area contributed by atoms with E-state index in [0.717, 1.165) is 0 Å². The maximum Gasteiger partial charge on any atom is 0.303 e. The third-order valence-corrected chi connectivity index (χ3v) is 2.78. The van der Waals surface area contributed by atoms with E-state index in [2.05, 4.69) is 0 Å². The fraction of sp³-hybridized carbons (Fsp3) is 0.833. The first-order valence-electron chi connectivity index (χ1n) is 3.13. The highest BCUT2D eigenvalue weighted by atomic mass is 32.2. The summed E-state index contributed by atoms with van der Waals surface area (Å²) in [6, 6.07) is 0. The maximum atomic E-state index is 12.7. The third-order valence-electron chi connectivity index (χ3n) is 1.56. The van der Waals surface area contributed by atoms with Crippen LogP contribution in [0.15, 0.2) is 0 Å². The molecule has 1 aliphatic heterocycles. The average Bonchev–Trinajstić information content (AvgIpc) is 2.15. The minimum atomic E-state index is -0.902. The average molecular weight is 164 g/mol. The second-order valence-electron chi connectivity index (χ2n) is 2.41. The summed E-state index contributed by atoms with van der Waals surface area (Å²) in [6.07, 6.45) is -0.921. The summed E-state index contributed by atoms with van der Waals surface area (Å²) in [4.78, 5) is 10.1. The van der Waals surface area contributed by atoms with Crippen molar-refractivity contribution in [3.63, 3.8) is 0 Å². The summed E-state index contributed by atoms with van der Waals surface area (Å²) in [7, 11) is 0. The molecule has 1 rings (SSSR count). The van der Waals surface area contributed by atoms with Crippen LogP contribution in [0.25, 0.3) is 0 Å². The van der Waals surface area contributed by atoms with Crippen molar-refractivity contribution in [2.24, 2.45) is 5.92 Å². The largest absolute Gasteiger partial charge is 0.481 e. The first-order valence-corrected chi connectivity index (χ1v) is 4.29. The quantitative estimate of drug-likeness (QED) is 0.665. The normalized spacial score (nSPS) is 32.5. The van der Waals surface area contributed by atoms with Crippen LogP contribution in [0.3, 0.4) is 0 Å². The molecule has 0 spiro atoms. The zero-order valence-corrected chi connectivity index (χ0v) is 6.23. The second kappa shape index (κ2) is 3.23. The van der Waals surface area contributed by atoms with Crippen molar-refractivity contribution in [2.45, 2.75) is 12.6 Å². The molecule has 1 heterocycles. The molecular formula is C6H9FO2S. The van der Waals surface area contributed by atoms with E-state index in [-0.39, 0.29) is 12.3 Å². The molecule has 0 bridgehead atoms. The Morgan fingerprint density at radius 3 is 2.80 bits per heavy atom. The van der Waals surface area contributed by atoms with Crippen molar-refractivity contribution in [3.8, 4) is 0 Å². The molecular weight excluding hydrogens is 155 g/mol. The van der Waals surface area contributed by atoms with Crippen LogP contribution in [-0.2, 0) is 4.79 Å². The van der Waals surface area contributed by atoms with Crippen molar-refractivity contribution >= 4 is 17.7 Å². The smallest absolute Gasteiger partial charge is 0.303 e. The Kier molecular flexibility index (Phi) is 2.54. The van der Waals surface area contributed by atoms with Gasteiger partial charge in [0.05, 0.1) is 6.42 Å². The number of alkyl halides is 1. The number of hydrogen-bond acceptors (Lipinski definition) is 2. The van der Waals surface area contributed by atoms with Crippen LogP contribution in [0.5, 0.6) is 0 Å². The molecule has 1 fully saturated rings. The van der Waals surface area contributed by atoms with E-state index in [0.29, 0.717) is 11.5 Å². The summed E-state index contributed by atoms with van der Waals surface area (Å²) in [5.41, 5.74) is 0. The topological polar surface area (TPSA) is 37.3 Å². The number of rotatable bonds is 2. The van der Waals surface area contributed by atoms with E-state index in [9.17, 15) is 9.18 Å². The molecule has 1 aliphatic rings. The van der Waals surface area contributed by atoms with Crippen molar-refractivity contribution in [1.82, 2.24) is 0 Å². The monoisotopic (exact) mass is 164 g/mol. The predicted molar refractivity (Wildman–Crippen MR) is 38.0 cm³/mol. The molecule has 10 heavy (non-hydrogen) atoms. The van der Waals surface area contributed by atoms with Crippen molar-refractivity contribution in [1.29, 1.82) is 0 Å². The van der Waals surface area contributed by atoms with Gasteiger partial charge in [-0.1, -0.05) is 0 Å². The van der Waals surface area contributed by atoms with Crippen LogP contribution in [0.2, 0.25) is 0 Å². The highest BCUT2D eigenvalue weighted by Crippen LogP contribution is 2.28. The summed E-state index contributed by atoms with van der Waals surface area (Å²) in [5.74, 6) is -0.0107. The zero-order valence-electron chi connectivity index (χ0n) is 5.42. The number of hydrogen-bond donors (Lipinski definition) is 1. The Hall–Kier alpha value is -0.250. The van der Waals surface area contributed by atoms with Gasteiger partial charge in [-0.3, -0.25) is 4.79 Å². The van der Waals surface area contributed by atoms with Gasteiger partial charge in [0.2, 0.25) is 0 Å². The molecule has 0 aliphatic carbocycles. The summed E-state index contributed by atoms with van der Waals surface area (Å²) >= 11 is 1.49. The molecule has 0 amide bonds. The van der Waals surface area contributed by atoms with E-state index < -0.39 is 12.1 Å². The molecule has 2 nitrogen and oxygen atoms in total. The number of carboxylic acid groups (broad SMARTS) is 1. The fourth-order valence-electron chi connectivity index (χ4n) is 0.984. The molecule has 4 heteroatoms. The van der Waals surface area contributed by atoms with E-state index in [1.54, 1.807) is 0 Å². The van der Waals surface area contributed by atoms with E-state index in [1.165, 1.54) is 11.8 Å². The SMILES string of the molecule is O=C(O)C[C@H]1CSC[C@H]1F. The van der Waals surface area contributed by atoms with Gasteiger partial charge in [0.25, 0.3) is 0 Å². The molecule has 58 valence electrons. The molecule has 0 saturated carbocycles. The summed E-state index contributed by atoms with van der Waals surface area (Å²) < 4.78 is 12.7. The minimum Gasteiger partial charge on any atom is -0.481 e. The van der Waals surface area contributed by atoms with Gasteiger partial charge in [0.1, 0.15) is 6.17 Å². The Labute approximate surface area is 62.8 Å². The van der Waals surface area contributed by atoms with Crippen LogP contribution in [-0.4, -0.2) is 28.8 Å². The molecule has 0 unspecified atom stereocenters. The number of halogens is 1. The van der Waals surface area contributed by atoms with Gasteiger partial charge in [0.15, 0.2) is 0 Å². The van der Waals surface area contributed by atoms with Crippen molar-refractivity contribution < 1.29 is 14.3 Å². The van der Waals surface area contributed by atoms with Gasteiger partial charge in [-0.25, -0.2) is 4.39 Å². The Balaban J connectivity index is 2.33. The Morgan fingerprint density at radius 1 is 1.70 bits per heavy atom. The zero-order chi connectivity index (χ0) is 7.56. The lowest BCUT2D eigenvalue weighted by molar-refractivity contribution is -0.138. The number of carboxylic acids is 1. The number of aliphatic carboxylic acids is 1. The standard InChI is InChI=1S/C6H9FO2S/c7-5-3-10-2-4(5)1-6(8)9/h4-5H,1-3H2,(H,8,9)/t4-,5+/m0/s1. The molecule has 0 aromatic heterocycles. The first-order chi connectivity index (χ1) is 4.70. The molecule has 1 saturated heterocycles. The maximum absolute atomic E-state index is 12.7. The van der Waals surface area contributed by atoms with Crippen LogP contribution in [0.1, 0.15) is 6.42 Å². The van der Waals surface area contributed by atoms with E-state index in [4.69, 9.17) is 5.11 Å². The lowest BCUT2D eigenvalue weighted by Gasteiger charge is -2.06. The van der Waals surface area contributed by atoms with Gasteiger partial charge in [-0.05, 0) is 5.75 Å². The lowest BCUT2D eigenvalue weighted by Crippen LogP contribution is -2.16. The lowest BCUT2D eigenvalue weighted by atomic mass is 10.0. The molecule has 0 radical (unpaired) electrons. The van der Waals surface area contributed by atoms with Gasteiger partial charge in [-0.15, -0.1) is 0 Å². The van der Waals surface area contributed by atoms with Crippen LogP contribution < -0.4 is 0 Å². The summed E-state index contributed by atoms with van der Waals surface area (Å²) in [6.45, 7) is 0. The molecule has 2 atom stereocenters.